The van der Waals surface area contributed by atoms with Crippen molar-refractivity contribution in [2.45, 2.75) is 17.5 Å². The summed E-state index contributed by atoms with van der Waals surface area (Å²) in [4.78, 5) is 11.9. The molecule has 1 heterocycles. The number of halogens is 7. The van der Waals surface area contributed by atoms with Gasteiger partial charge in [-0.25, -0.2) is 17.6 Å². The van der Waals surface area contributed by atoms with E-state index in [0.29, 0.717) is 0 Å². The van der Waals surface area contributed by atoms with Crippen molar-refractivity contribution in [3.05, 3.63) is 86.1 Å². The van der Waals surface area contributed by atoms with Crippen LogP contribution in [0.5, 0.6) is 5.75 Å². The van der Waals surface area contributed by atoms with Crippen molar-refractivity contribution in [3.8, 4) is 5.75 Å². The summed E-state index contributed by atoms with van der Waals surface area (Å²) in [5.74, 6) is -14.0. The first-order chi connectivity index (χ1) is 16.9. The van der Waals surface area contributed by atoms with E-state index in [0.717, 1.165) is 28.8 Å². The van der Waals surface area contributed by atoms with Gasteiger partial charge >= 0.3 is 10.1 Å². The van der Waals surface area contributed by atoms with Crippen LogP contribution in [0.2, 0.25) is 0 Å². The second kappa shape index (κ2) is 9.32. The molecule has 0 saturated carbocycles. The number of methoxy groups -OCH3 is 1. The molecule has 0 spiro atoms. The van der Waals surface area contributed by atoms with Crippen molar-refractivity contribution in [2.75, 3.05) is 7.11 Å². The van der Waals surface area contributed by atoms with Crippen LogP contribution in [0.1, 0.15) is 6.42 Å². The average molecular weight is 596 g/mol. The van der Waals surface area contributed by atoms with Crippen LogP contribution >= 0.6 is 15.9 Å². The first kappa shape index (κ1) is 25.8. The number of ether oxygens (including phenoxy) is 1. The molecule has 1 aliphatic carbocycles. The molecule has 1 unspecified atom stereocenters. The average Bonchev–Trinajstić information content (AvgIpc) is 2.85. The second-order valence-corrected chi connectivity index (χ2v) is 9.84. The van der Waals surface area contributed by atoms with Crippen LogP contribution in [0.25, 0.3) is 16.6 Å². The molecule has 0 N–H and O–H groups in total. The Kier molecular flexibility index (Phi) is 6.68. The van der Waals surface area contributed by atoms with E-state index >= 15 is 0 Å². The Balaban J connectivity index is 1.84. The molecular formula is C22H12BrF6NO5S. The number of nitrogens with zero attached hydrogens (tertiary/aromatic N) is 1. The van der Waals surface area contributed by atoms with Crippen LogP contribution < -0.4 is 9.74 Å². The lowest BCUT2D eigenvalue weighted by atomic mass is 10.1. The lowest BCUT2D eigenvalue weighted by molar-refractivity contribution is 0.296. The first-order valence-corrected chi connectivity index (χ1v) is 12.0. The summed E-state index contributed by atoms with van der Waals surface area (Å²) >= 11 is 3.07. The molecular weight excluding hydrogens is 584 g/mol. The molecule has 2 aromatic carbocycles. The fourth-order valence-corrected chi connectivity index (χ4v) is 4.86. The molecule has 0 radical (unpaired) electrons. The maximum atomic E-state index is 14.4. The summed E-state index contributed by atoms with van der Waals surface area (Å²) in [6, 6.07) is 5.24. The van der Waals surface area contributed by atoms with Gasteiger partial charge in [-0.3, -0.25) is 9.36 Å². The van der Waals surface area contributed by atoms with Gasteiger partial charge in [0.1, 0.15) is 16.8 Å². The Morgan fingerprint density at radius 1 is 0.972 bits per heavy atom. The van der Waals surface area contributed by atoms with Gasteiger partial charge in [0.2, 0.25) is 34.8 Å². The fourth-order valence-electron chi connectivity index (χ4n) is 3.52. The number of fused-ring (bicyclic) bond motifs is 1. The molecule has 3 aromatic rings. The molecule has 0 saturated heterocycles. The quantitative estimate of drug-likeness (QED) is 0.173. The van der Waals surface area contributed by atoms with Gasteiger partial charge in [-0.05, 0) is 30.3 Å². The highest BCUT2D eigenvalue weighted by Gasteiger charge is 2.31. The van der Waals surface area contributed by atoms with Crippen LogP contribution in [0.3, 0.4) is 0 Å². The number of hydrogen-bond acceptors (Lipinski definition) is 5. The summed E-state index contributed by atoms with van der Waals surface area (Å²) < 4.78 is 118. The number of alkyl halides is 1. The smallest absolute Gasteiger partial charge is 0.339 e. The predicted octanol–water partition coefficient (Wildman–Crippen LogP) is 5.30. The molecule has 4 rings (SSSR count). The molecule has 0 amide bonds. The Morgan fingerprint density at radius 3 is 2.19 bits per heavy atom. The monoisotopic (exact) mass is 595 g/mol. The Hall–Kier alpha value is -3.26. The van der Waals surface area contributed by atoms with Gasteiger partial charge in [0.05, 0.1) is 18.3 Å². The maximum absolute atomic E-state index is 14.4. The predicted molar refractivity (Wildman–Crippen MR) is 119 cm³/mol. The zero-order chi connectivity index (χ0) is 26.5. The third-order valence-electron chi connectivity index (χ3n) is 5.23. The fraction of sp³-hybridized carbons (Fsp3) is 0.136. The van der Waals surface area contributed by atoms with Crippen molar-refractivity contribution < 1.29 is 43.7 Å². The summed E-state index contributed by atoms with van der Waals surface area (Å²) in [5.41, 5.74) is -0.350. The molecule has 1 aromatic heterocycles. The minimum absolute atomic E-state index is 0.0867. The normalized spacial score (nSPS) is 16.3. The Bertz CT molecular complexity index is 1620. The van der Waals surface area contributed by atoms with E-state index in [9.17, 15) is 39.6 Å². The van der Waals surface area contributed by atoms with Gasteiger partial charge in [0.15, 0.2) is 0 Å². The van der Waals surface area contributed by atoms with Crippen molar-refractivity contribution in [1.29, 1.82) is 0 Å². The van der Waals surface area contributed by atoms with Crippen LogP contribution in [0, 0.1) is 29.1 Å². The van der Waals surface area contributed by atoms with Crippen LogP contribution in [0.4, 0.5) is 26.3 Å². The molecule has 1 atom stereocenters. The highest BCUT2D eigenvalue weighted by atomic mass is 79.9. The highest BCUT2D eigenvalue weighted by Crippen LogP contribution is 2.35. The number of pyridine rings is 1. The third kappa shape index (κ3) is 4.28. The summed E-state index contributed by atoms with van der Waals surface area (Å²) in [7, 11) is -3.80. The number of hydrogen-bond donors (Lipinski definition) is 0. The largest absolute Gasteiger partial charge is 0.495 e. The molecule has 0 aliphatic heterocycles. The van der Waals surface area contributed by atoms with E-state index in [1.54, 1.807) is 0 Å². The van der Waals surface area contributed by atoms with Crippen molar-refractivity contribution in [1.82, 2.24) is 4.57 Å². The second-order valence-electron chi connectivity index (χ2n) is 7.38. The van der Waals surface area contributed by atoms with Crippen molar-refractivity contribution in [3.63, 3.8) is 0 Å². The Labute approximate surface area is 207 Å². The molecule has 6 nitrogen and oxygen atoms in total. The third-order valence-corrected chi connectivity index (χ3v) is 7.18. The van der Waals surface area contributed by atoms with E-state index in [1.807, 2.05) is 0 Å². The standard InChI is InChI=1S/C22H12BrF6NO5S/c1-34-15-7-11(23)12(24)8-14(15)30-13-4-3-10(6-9(13)2-5-16(30)31)36(32,33)35-22-20(28)18(26)17(25)19(27)21(22)29/h2-7,12H,8H2,1H3. The van der Waals surface area contributed by atoms with E-state index in [2.05, 4.69) is 20.1 Å². The zero-order valence-electron chi connectivity index (χ0n) is 17.8. The number of allylic oxidation sites excluding steroid dienone is 3. The van der Waals surface area contributed by atoms with Crippen LogP contribution in [-0.4, -0.2) is 26.3 Å². The van der Waals surface area contributed by atoms with Gasteiger partial charge < -0.3 is 8.92 Å². The van der Waals surface area contributed by atoms with Crippen LogP contribution in [-0.2, 0) is 14.9 Å². The zero-order valence-corrected chi connectivity index (χ0v) is 20.2. The minimum atomic E-state index is -5.11. The van der Waals surface area contributed by atoms with Gasteiger partial charge in [0, 0.05) is 22.4 Å². The van der Waals surface area contributed by atoms with E-state index in [-0.39, 0.29) is 33.3 Å². The van der Waals surface area contributed by atoms with Gasteiger partial charge in [-0.2, -0.15) is 17.2 Å². The van der Waals surface area contributed by atoms with Gasteiger partial charge in [0.25, 0.3) is 5.56 Å². The summed E-state index contributed by atoms with van der Waals surface area (Å²) in [5, 5.41) is 0.0867. The number of benzene rings is 2. The van der Waals surface area contributed by atoms with Gasteiger partial charge in [-0.1, -0.05) is 15.9 Å². The van der Waals surface area contributed by atoms with Crippen LogP contribution in [0.15, 0.2) is 56.3 Å². The van der Waals surface area contributed by atoms with E-state index in [1.165, 1.54) is 19.3 Å². The molecule has 190 valence electrons. The highest BCUT2D eigenvalue weighted by molar-refractivity contribution is 9.11. The SMILES string of the molecule is COC1=C(n2c(=O)ccc3cc(S(=O)(=O)Oc4c(F)c(F)c(F)c(F)c4F)ccc32)CC(F)C(Br)=C1. The number of aromatic nitrogens is 1. The molecule has 14 heteroatoms. The van der Waals surface area contributed by atoms with Crippen molar-refractivity contribution >= 4 is 42.6 Å². The molecule has 0 bridgehead atoms. The summed E-state index contributed by atoms with van der Waals surface area (Å²) in [6.07, 6.45) is -0.413. The number of rotatable bonds is 5. The molecule has 36 heavy (non-hydrogen) atoms. The molecule has 1 aliphatic rings. The summed E-state index contributed by atoms with van der Waals surface area (Å²) in [6.45, 7) is 0. The van der Waals surface area contributed by atoms with E-state index in [4.69, 9.17) is 4.74 Å². The maximum Gasteiger partial charge on any atom is 0.339 e. The lowest BCUT2D eigenvalue weighted by Gasteiger charge is -2.22. The van der Waals surface area contributed by atoms with E-state index < -0.39 is 61.6 Å². The molecule has 0 fully saturated rings. The Morgan fingerprint density at radius 2 is 1.58 bits per heavy atom. The van der Waals surface area contributed by atoms with Crippen molar-refractivity contribution in [2.24, 2.45) is 0 Å². The lowest BCUT2D eigenvalue weighted by Crippen LogP contribution is -2.24. The van der Waals surface area contributed by atoms with Gasteiger partial charge in [-0.15, -0.1) is 0 Å². The minimum Gasteiger partial charge on any atom is -0.495 e. The first-order valence-electron chi connectivity index (χ1n) is 9.77. The topological polar surface area (TPSA) is 74.6 Å².